The molecule has 1 N–H and O–H groups in total. The van der Waals surface area contributed by atoms with E-state index >= 15 is 0 Å². The van der Waals surface area contributed by atoms with Crippen LogP contribution >= 0.6 is 0 Å². The zero-order valence-electron chi connectivity index (χ0n) is 8.82. The lowest BCUT2D eigenvalue weighted by Crippen LogP contribution is -2.23. The topological polar surface area (TPSA) is 81.2 Å². The molecular weight excluding hydrogens is 210 g/mol. The molecule has 1 aliphatic rings. The van der Waals surface area contributed by atoms with Gasteiger partial charge in [0.25, 0.3) is 5.91 Å². The molecule has 6 heteroatoms. The summed E-state index contributed by atoms with van der Waals surface area (Å²) in [6.07, 6.45) is 1.51. The van der Waals surface area contributed by atoms with Gasteiger partial charge in [-0.2, -0.15) is 5.10 Å². The van der Waals surface area contributed by atoms with Crippen LogP contribution in [0.4, 0.5) is 0 Å². The van der Waals surface area contributed by atoms with Gasteiger partial charge in [-0.15, -0.1) is 5.10 Å². The number of aromatic nitrogens is 2. The van der Waals surface area contributed by atoms with E-state index in [0.29, 0.717) is 24.2 Å². The number of carbonyl (C=O) groups excluding carboxylic acids is 2. The standard InChI is InChI=1S/C10H11N3O3/c1-16-10(15)8-5-6-7(12-13-8)3-2-4-11-9(6)14/h5H,2-4H2,1H3,(H,11,14). The maximum Gasteiger partial charge on any atom is 0.358 e. The van der Waals surface area contributed by atoms with Gasteiger partial charge in [0.1, 0.15) is 0 Å². The van der Waals surface area contributed by atoms with Gasteiger partial charge in [-0.05, 0) is 18.9 Å². The highest BCUT2D eigenvalue weighted by molar-refractivity contribution is 5.98. The van der Waals surface area contributed by atoms with E-state index in [9.17, 15) is 9.59 Å². The van der Waals surface area contributed by atoms with E-state index in [0.717, 1.165) is 6.42 Å². The van der Waals surface area contributed by atoms with Gasteiger partial charge in [0, 0.05) is 6.54 Å². The van der Waals surface area contributed by atoms with Crippen LogP contribution in [-0.2, 0) is 11.2 Å². The molecule has 0 saturated heterocycles. The van der Waals surface area contributed by atoms with Crippen molar-refractivity contribution in [2.45, 2.75) is 12.8 Å². The average molecular weight is 221 g/mol. The van der Waals surface area contributed by atoms with E-state index in [4.69, 9.17) is 0 Å². The van der Waals surface area contributed by atoms with Crippen molar-refractivity contribution < 1.29 is 14.3 Å². The first kappa shape index (κ1) is 10.5. The lowest BCUT2D eigenvalue weighted by atomic mass is 10.1. The molecular formula is C10H11N3O3. The van der Waals surface area contributed by atoms with Crippen LogP contribution in [0.15, 0.2) is 6.07 Å². The maximum atomic E-state index is 11.6. The summed E-state index contributed by atoms with van der Waals surface area (Å²) in [5.74, 6) is -0.806. The van der Waals surface area contributed by atoms with Crippen LogP contribution in [0.2, 0.25) is 0 Å². The number of amides is 1. The summed E-state index contributed by atoms with van der Waals surface area (Å²) in [7, 11) is 1.26. The van der Waals surface area contributed by atoms with Crippen molar-refractivity contribution in [1.29, 1.82) is 0 Å². The number of fused-ring (bicyclic) bond motifs is 1. The highest BCUT2D eigenvalue weighted by Crippen LogP contribution is 2.12. The quantitative estimate of drug-likeness (QED) is 0.672. The Morgan fingerprint density at radius 1 is 1.50 bits per heavy atom. The minimum atomic E-state index is -0.590. The second kappa shape index (κ2) is 4.26. The summed E-state index contributed by atoms with van der Waals surface area (Å²) in [5.41, 5.74) is 1.09. The molecule has 6 nitrogen and oxygen atoms in total. The average Bonchev–Trinajstić information content (AvgIpc) is 2.50. The number of esters is 1. The van der Waals surface area contributed by atoms with E-state index in [1.807, 2.05) is 0 Å². The molecule has 1 amide bonds. The van der Waals surface area contributed by atoms with E-state index in [-0.39, 0.29) is 11.6 Å². The first-order chi connectivity index (χ1) is 7.72. The van der Waals surface area contributed by atoms with E-state index in [1.54, 1.807) is 0 Å². The van der Waals surface area contributed by atoms with Crippen LogP contribution in [0, 0.1) is 0 Å². The lowest BCUT2D eigenvalue weighted by Gasteiger charge is -2.04. The van der Waals surface area contributed by atoms with Crippen molar-refractivity contribution in [3.63, 3.8) is 0 Å². The number of rotatable bonds is 1. The Bertz CT molecular complexity index is 445. The monoisotopic (exact) mass is 221 g/mol. The molecule has 0 unspecified atom stereocenters. The van der Waals surface area contributed by atoms with Crippen LogP contribution < -0.4 is 5.32 Å². The minimum Gasteiger partial charge on any atom is -0.464 e. The van der Waals surface area contributed by atoms with Crippen LogP contribution in [0.1, 0.15) is 33.0 Å². The molecule has 0 atom stereocenters. The lowest BCUT2D eigenvalue weighted by molar-refractivity contribution is 0.0592. The first-order valence-electron chi connectivity index (χ1n) is 4.95. The number of aryl methyl sites for hydroxylation is 1. The number of methoxy groups -OCH3 is 1. The second-order valence-electron chi connectivity index (χ2n) is 3.44. The molecule has 0 bridgehead atoms. The Labute approximate surface area is 92.0 Å². The first-order valence-corrected chi connectivity index (χ1v) is 4.95. The van der Waals surface area contributed by atoms with Gasteiger partial charge in [0.05, 0.1) is 18.4 Å². The van der Waals surface area contributed by atoms with Gasteiger partial charge in [-0.1, -0.05) is 0 Å². The molecule has 1 aromatic heterocycles. The van der Waals surface area contributed by atoms with Gasteiger partial charge >= 0.3 is 5.97 Å². The van der Waals surface area contributed by atoms with E-state index < -0.39 is 5.97 Å². The normalized spacial score (nSPS) is 14.7. The third kappa shape index (κ3) is 1.86. The molecule has 0 radical (unpaired) electrons. The predicted molar refractivity (Wildman–Crippen MR) is 54.0 cm³/mol. The number of hydrogen-bond donors (Lipinski definition) is 1. The van der Waals surface area contributed by atoms with E-state index in [2.05, 4.69) is 20.3 Å². The fourth-order valence-electron chi connectivity index (χ4n) is 1.56. The Hall–Kier alpha value is -1.98. The fraction of sp³-hybridized carbons (Fsp3) is 0.400. The molecule has 1 aliphatic heterocycles. The Morgan fingerprint density at radius 2 is 2.31 bits per heavy atom. The minimum absolute atomic E-state index is 0.0540. The van der Waals surface area contributed by atoms with Gasteiger partial charge in [0.15, 0.2) is 5.69 Å². The van der Waals surface area contributed by atoms with Crippen molar-refractivity contribution in [3.05, 3.63) is 23.0 Å². The SMILES string of the molecule is COC(=O)c1cc2c(nn1)CCCNC2=O. The van der Waals surface area contributed by atoms with Crippen LogP contribution in [0.5, 0.6) is 0 Å². The predicted octanol–water partition coefficient (Wildman–Crippen LogP) is -0.0608. The van der Waals surface area contributed by atoms with Crippen molar-refractivity contribution in [3.8, 4) is 0 Å². The molecule has 16 heavy (non-hydrogen) atoms. The summed E-state index contributed by atoms with van der Waals surface area (Å²) in [6, 6.07) is 1.43. The number of ether oxygens (including phenoxy) is 1. The van der Waals surface area contributed by atoms with E-state index in [1.165, 1.54) is 13.2 Å². The summed E-state index contributed by atoms with van der Waals surface area (Å²) in [4.78, 5) is 22.9. The van der Waals surface area contributed by atoms with Crippen molar-refractivity contribution >= 4 is 11.9 Å². The third-order valence-electron chi connectivity index (χ3n) is 2.39. The Morgan fingerprint density at radius 3 is 3.06 bits per heavy atom. The molecule has 84 valence electrons. The zero-order valence-corrected chi connectivity index (χ0v) is 8.82. The van der Waals surface area contributed by atoms with Crippen molar-refractivity contribution in [2.75, 3.05) is 13.7 Å². The number of carbonyl (C=O) groups is 2. The second-order valence-corrected chi connectivity index (χ2v) is 3.44. The summed E-state index contributed by atoms with van der Waals surface area (Å²) in [6.45, 7) is 0.614. The summed E-state index contributed by atoms with van der Waals surface area (Å²) < 4.78 is 4.52. The fourth-order valence-corrected chi connectivity index (χ4v) is 1.56. The molecule has 2 rings (SSSR count). The van der Waals surface area contributed by atoms with Gasteiger partial charge in [0.2, 0.25) is 0 Å². The van der Waals surface area contributed by atoms with Crippen molar-refractivity contribution in [2.24, 2.45) is 0 Å². The maximum absolute atomic E-state index is 11.6. The molecule has 0 saturated carbocycles. The third-order valence-corrected chi connectivity index (χ3v) is 2.39. The van der Waals surface area contributed by atoms with Crippen LogP contribution in [0.25, 0.3) is 0 Å². The molecule has 0 aliphatic carbocycles. The number of nitrogens with zero attached hydrogens (tertiary/aromatic N) is 2. The van der Waals surface area contributed by atoms with Crippen LogP contribution in [-0.4, -0.2) is 35.7 Å². The molecule has 0 spiro atoms. The smallest absolute Gasteiger partial charge is 0.358 e. The highest BCUT2D eigenvalue weighted by Gasteiger charge is 2.19. The molecule has 2 heterocycles. The summed E-state index contributed by atoms with van der Waals surface area (Å²) >= 11 is 0. The Balaban J connectivity index is 2.43. The molecule has 0 aromatic carbocycles. The number of nitrogens with one attached hydrogen (secondary N) is 1. The zero-order chi connectivity index (χ0) is 11.5. The van der Waals surface area contributed by atoms with Gasteiger partial charge < -0.3 is 10.1 Å². The Kier molecular flexibility index (Phi) is 2.80. The molecule has 1 aromatic rings. The largest absolute Gasteiger partial charge is 0.464 e. The number of hydrogen-bond acceptors (Lipinski definition) is 5. The van der Waals surface area contributed by atoms with Crippen molar-refractivity contribution in [1.82, 2.24) is 15.5 Å². The van der Waals surface area contributed by atoms with Gasteiger partial charge in [-0.3, -0.25) is 4.79 Å². The molecule has 0 fully saturated rings. The highest BCUT2D eigenvalue weighted by atomic mass is 16.5. The summed E-state index contributed by atoms with van der Waals surface area (Å²) in [5, 5.41) is 10.3. The van der Waals surface area contributed by atoms with Crippen LogP contribution in [0.3, 0.4) is 0 Å². The van der Waals surface area contributed by atoms with Gasteiger partial charge in [-0.25, -0.2) is 4.79 Å².